The van der Waals surface area contributed by atoms with Gasteiger partial charge in [-0.3, -0.25) is 9.79 Å². The molecule has 0 amide bonds. The zero-order chi connectivity index (χ0) is 22.8. The first-order valence-electron chi connectivity index (χ1n) is 10.1. The standard InChI is InChI=1S/C26H25N3O3/c1-32-22-14-8-13-21(17-22)29-25(20-11-6-3-7-12-20)26(31)24(27)23(18-28-15-16-30)19-9-4-2-5-10-19/h2-14,16-18,25,29H,15,27H2,1H3. The highest BCUT2D eigenvalue weighted by Crippen LogP contribution is 2.27. The number of hydrogen-bond acceptors (Lipinski definition) is 6. The molecule has 1 atom stereocenters. The van der Waals surface area contributed by atoms with Crippen molar-refractivity contribution >= 4 is 29.5 Å². The van der Waals surface area contributed by atoms with Crippen LogP contribution in [0.5, 0.6) is 5.75 Å². The number of rotatable bonds is 10. The molecule has 0 aliphatic carbocycles. The van der Waals surface area contributed by atoms with Crippen molar-refractivity contribution in [2.24, 2.45) is 10.7 Å². The van der Waals surface area contributed by atoms with Crippen molar-refractivity contribution in [3.63, 3.8) is 0 Å². The van der Waals surface area contributed by atoms with Crippen molar-refractivity contribution in [3.8, 4) is 5.75 Å². The van der Waals surface area contributed by atoms with Crippen LogP contribution in [0.15, 0.2) is 95.6 Å². The SMILES string of the molecule is COc1cccc(NC(C(=O)C(N)=C(C=NCC=O)c2ccccc2)c2ccccc2)c1. The Labute approximate surface area is 187 Å². The zero-order valence-corrected chi connectivity index (χ0v) is 17.8. The van der Waals surface area contributed by atoms with Gasteiger partial charge < -0.3 is 20.6 Å². The van der Waals surface area contributed by atoms with Crippen LogP contribution < -0.4 is 15.8 Å². The predicted octanol–water partition coefficient (Wildman–Crippen LogP) is 4.06. The number of ketones is 1. The van der Waals surface area contributed by atoms with E-state index in [9.17, 15) is 9.59 Å². The second-order valence-corrected chi connectivity index (χ2v) is 6.94. The molecule has 0 bridgehead atoms. The average molecular weight is 428 g/mol. The average Bonchev–Trinajstić information content (AvgIpc) is 2.85. The normalized spacial score (nSPS) is 12.7. The number of nitrogens with two attached hydrogens (primary N) is 1. The molecule has 0 heterocycles. The number of allylic oxidation sites excluding steroid dienone is 1. The molecule has 0 spiro atoms. The van der Waals surface area contributed by atoms with E-state index in [0.717, 1.165) is 16.8 Å². The van der Waals surface area contributed by atoms with Gasteiger partial charge >= 0.3 is 0 Å². The molecule has 3 aromatic carbocycles. The van der Waals surface area contributed by atoms with Crippen molar-refractivity contribution in [3.05, 3.63) is 102 Å². The van der Waals surface area contributed by atoms with E-state index in [1.54, 1.807) is 7.11 Å². The fourth-order valence-electron chi connectivity index (χ4n) is 3.22. The Morgan fingerprint density at radius 3 is 2.38 bits per heavy atom. The Balaban J connectivity index is 2.05. The summed E-state index contributed by atoms with van der Waals surface area (Å²) in [4.78, 5) is 28.5. The van der Waals surface area contributed by atoms with E-state index in [0.29, 0.717) is 17.6 Å². The van der Waals surface area contributed by atoms with Crippen molar-refractivity contribution in [2.45, 2.75) is 6.04 Å². The summed E-state index contributed by atoms with van der Waals surface area (Å²) in [5, 5.41) is 3.28. The number of ether oxygens (including phenoxy) is 1. The van der Waals surface area contributed by atoms with Gasteiger partial charge in [-0.1, -0.05) is 66.7 Å². The second kappa shape index (κ2) is 11.3. The number of nitrogens with zero attached hydrogens (tertiary/aromatic N) is 1. The summed E-state index contributed by atoms with van der Waals surface area (Å²) in [6, 6.07) is 25.2. The van der Waals surface area contributed by atoms with Crippen molar-refractivity contribution in [2.75, 3.05) is 19.0 Å². The minimum atomic E-state index is -0.735. The van der Waals surface area contributed by atoms with Crippen LogP contribution >= 0.6 is 0 Å². The van der Waals surface area contributed by atoms with Gasteiger partial charge in [-0.05, 0) is 23.3 Å². The lowest BCUT2D eigenvalue weighted by molar-refractivity contribution is -0.116. The first-order valence-corrected chi connectivity index (χ1v) is 10.1. The molecule has 0 saturated carbocycles. The summed E-state index contributed by atoms with van der Waals surface area (Å²) in [5.41, 5.74) is 9.14. The van der Waals surface area contributed by atoms with Crippen LogP contribution in [0, 0.1) is 0 Å². The number of nitrogens with one attached hydrogen (secondary N) is 1. The van der Waals surface area contributed by atoms with Gasteiger partial charge in [0.2, 0.25) is 5.78 Å². The van der Waals surface area contributed by atoms with Gasteiger partial charge in [-0.2, -0.15) is 0 Å². The largest absolute Gasteiger partial charge is 0.497 e. The van der Waals surface area contributed by atoms with E-state index >= 15 is 0 Å². The van der Waals surface area contributed by atoms with E-state index in [4.69, 9.17) is 10.5 Å². The van der Waals surface area contributed by atoms with Crippen LogP contribution in [0.25, 0.3) is 5.57 Å². The van der Waals surface area contributed by atoms with Gasteiger partial charge in [0.15, 0.2) is 0 Å². The number of aldehydes is 1. The number of hydrogen-bond donors (Lipinski definition) is 2. The van der Waals surface area contributed by atoms with E-state index in [-0.39, 0.29) is 18.0 Å². The summed E-state index contributed by atoms with van der Waals surface area (Å²) in [6.07, 6.45) is 2.17. The molecule has 0 aliphatic heterocycles. The monoisotopic (exact) mass is 427 g/mol. The van der Waals surface area contributed by atoms with Crippen LogP contribution in [0.3, 0.4) is 0 Å². The number of methoxy groups -OCH3 is 1. The third-order valence-corrected chi connectivity index (χ3v) is 4.82. The maximum absolute atomic E-state index is 13.6. The highest BCUT2D eigenvalue weighted by Gasteiger charge is 2.25. The molecule has 6 nitrogen and oxygen atoms in total. The Morgan fingerprint density at radius 1 is 1.03 bits per heavy atom. The van der Waals surface area contributed by atoms with E-state index in [2.05, 4.69) is 10.3 Å². The molecule has 3 rings (SSSR count). The van der Waals surface area contributed by atoms with Gasteiger partial charge in [-0.15, -0.1) is 0 Å². The maximum Gasteiger partial charge on any atom is 0.205 e. The Bertz CT molecular complexity index is 1110. The highest BCUT2D eigenvalue weighted by atomic mass is 16.5. The summed E-state index contributed by atoms with van der Waals surface area (Å²) >= 11 is 0. The quantitative estimate of drug-likeness (QED) is 0.289. The van der Waals surface area contributed by atoms with Gasteiger partial charge in [-0.25, -0.2) is 0 Å². The van der Waals surface area contributed by atoms with E-state index < -0.39 is 6.04 Å². The summed E-state index contributed by atoms with van der Waals surface area (Å²) < 4.78 is 5.30. The van der Waals surface area contributed by atoms with Crippen molar-refractivity contribution in [1.82, 2.24) is 0 Å². The predicted molar refractivity (Wildman–Crippen MR) is 128 cm³/mol. The fraction of sp³-hybridized carbons (Fsp3) is 0.115. The van der Waals surface area contributed by atoms with Crippen LogP contribution in [-0.4, -0.2) is 31.9 Å². The van der Waals surface area contributed by atoms with Gasteiger partial charge in [0, 0.05) is 23.5 Å². The number of carbonyl (C=O) groups is 2. The van der Waals surface area contributed by atoms with E-state index in [1.807, 2.05) is 84.9 Å². The summed E-state index contributed by atoms with van der Waals surface area (Å²) in [6.45, 7) is -0.0119. The first-order chi connectivity index (χ1) is 15.6. The van der Waals surface area contributed by atoms with Crippen molar-refractivity contribution in [1.29, 1.82) is 0 Å². The third kappa shape index (κ3) is 5.70. The number of aliphatic imine (C=N–C) groups is 1. The molecule has 3 N–H and O–H groups in total. The molecule has 0 saturated heterocycles. The molecule has 0 aliphatic rings. The minimum absolute atomic E-state index is 0.0119. The molecular weight excluding hydrogens is 402 g/mol. The van der Waals surface area contributed by atoms with Crippen LogP contribution in [0.4, 0.5) is 5.69 Å². The molecular formula is C26H25N3O3. The first kappa shape index (κ1) is 22.5. The zero-order valence-electron chi connectivity index (χ0n) is 17.8. The van der Waals surface area contributed by atoms with Gasteiger partial charge in [0.25, 0.3) is 0 Å². The lowest BCUT2D eigenvalue weighted by Gasteiger charge is -2.21. The summed E-state index contributed by atoms with van der Waals surface area (Å²) in [7, 11) is 1.59. The van der Waals surface area contributed by atoms with Crippen molar-refractivity contribution < 1.29 is 14.3 Å². The topological polar surface area (TPSA) is 93.8 Å². The highest BCUT2D eigenvalue weighted by molar-refractivity contribution is 6.20. The number of carbonyl (C=O) groups excluding carboxylic acids is 2. The van der Waals surface area contributed by atoms with Crippen LogP contribution in [0.1, 0.15) is 17.2 Å². The molecule has 0 fully saturated rings. The second-order valence-electron chi connectivity index (χ2n) is 6.94. The maximum atomic E-state index is 13.6. The molecule has 32 heavy (non-hydrogen) atoms. The molecule has 6 heteroatoms. The van der Waals surface area contributed by atoms with Crippen LogP contribution in [-0.2, 0) is 9.59 Å². The fourth-order valence-corrected chi connectivity index (χ4v) is 3.22. The lowest BCUT2D eigenvalue weighted by Crippen LogP contribution is -2.27. The Morgan fingerprint density at radius 2 is 1.72 bits per heavy atom. The molecule has 3 aromatic rings. The Kier molecular flexibility index (Phi) is 7.92. The molecule has 1 unspecified atom stereocenters. The minimum Gasteiger partial charge on any atom is -0.497 e. The molecule has 0 radical (unpaired) electrons. The third-order valence-electron chi connectivity index (χ3n) is 4.82. The summed E-state index contributed by atoms with van der Waals surface area (Å²) in [5.74, 6) is 0.360. The number of anilines is 1. The smallest absolute Gasteiger partial charge is 0.205 e. The van der Waals surface area contributed by atoms with Crippen LogP contribution in [0.2, 0.25) is 0 Å². The Hall–Kier alpha value is -4.19. The molecule has 0 aromatic heterocycles. The van der Waals surface area contributed by atoms with E-state index in [1.165, 1.54) is 6.21 Å². The number of benzene rings is 3. The van der Waals surface area contributed by atoms with Gasteiger partial charge in [0.05, 0.1) is 19.4 Å². The lowest BCUT2D eigenvalue weighted by atomic mass is 9.95. The van der Waals surface area contributed by atoms with Gasteiger partial charge in [0.1, 0.15) is 18.1 Å². The molecule has 162 valence electrons. The number of Topliss-reactive ketones (excluding diaryl/α,β-unsaturated/α-hetero) is 1.